The van der Waals surface area contributed by atoms with Gasteiger partial charge < -0.3 is 0 Å². The van der Waals surface area contributed by atoms with Gasteiger partial charge >= 0.3 is 0 Å². The van der Waals surface area contributed by atoms with E-state index >= 15 is 0 Å². The Bertz CT molecular complexity index is 1070. The van der Waals surface area contributed by atoms with E-state index in [9.17, 15) is 0 Å². The third kappa shape index (κ3) is 3.45. The highest BCUT2D eigenvalue weighted by atomic mass is 28.3. The molecule has 1 heteroatoms. The van der Waals surface area contributed by atoms with Crippen molar-refractivity contribution in [1.82, 2.24) is 0 Å². The van der Waals surface area contributed by atoms with E-state index < -0.39 is 8.07 Å². The summed E-state index contributed by atoms with van der Waals surface area (Å²) in [4.78, 5) is 0. The molecule has 0 spiro atoms. The maximum absolute atomic E-state index is 2.46. The first-order valence-corrected chi connectivity index (χ1v) is 13.4. The fourth-order valence-electron chi connectivity index (χ4n) is 5.67. The highest BCUT2D eigenvalue weighted by Crippen LogP contribution is 2.46. The highest BCUT2D eigenvalue weighted by molar-refractivity contribution is 7.13. The summed E-state index contributed by atoms with van der Waals surface area (Å²) in [5, 5.41) is 4.53. The van der Waals surface area contributed by atoms with Gasteiger partial charge in [0.05, 0.1) is 0 Å². The lowest BCUT2D eigenvalue weighted by Crippen LogP contribution is -2.70. The summed E-state index contributed by atoms with van der Waals surface area (Å²) in [6.07, 6.45) is 0. The average molecular weight is 423 g/mol. The summed E-state index contributed by atoms with van der Waals surface area (Å²) < 4.78 is 0. The van der Waals surface area contributed by atoms with E-state index in [1.54, 1.807) is 11.1 Å². The molecule has 0 radical (unpaired) electrons. The highest BCUT2D eigenvalue weighted by Gasteiger charge is 2.50. The fraction of sp³-hybridized carbons (Fsp3) is 0.267. The maximum Gasteiger partial charge on any atom is 0.159 e. The molecule has 0 atom stereocenters. The Balaban J connectivity index is 2.21. The average Bonchev–Trinajstić information content (AvgIpc) is 2.93. The third-order valence-electron chi connectivity index (χ3n) is 7.46. The van der Waals surface area contributed by atoms with Gasteiger partial charge in [-0.3, -0.25) is 0 Å². The summed E-state index contributed by atoms with van der Waals surface area (Å²) in [6, 6.07) is 28.0. The molecule has 0 saturated carbocycles. The van der Waals surface area contributed by atoms with Gasteiger partial charge in [-0.25, -0.2) is 0 Å². The second-order valence-corrected chi connectivity index (χ2v) is 13.4. The maximum atomic E-state index is 2.46. The van der Waals surface area contributed by atoms with Crippen LogP contribution in [0.15, 0.2) is 95.1 Å². The molecule has 0 N–H and O–H groups in total. The Morgan fingerprint density at radius 3 is 1.10 bits per heavy atom. The van der Waals surface area contributed by atoms with Gasteiger partial charge in [0.2, 0.25) is 0 Å². The molecule has 0 saturated heterocycles. The number of rotatable bonds is 4. The van der Waals surface area contributed by atoms with Crippen LogP contribution < -0.4 is 15.6 Å². The van der Waals surface area contributed by atoms with Crippen LogP contribution in [0.1, 0.15) is 44.4 Å². The normalized spacial score (nSPS) is 15.2. The SMILES string of the molecule is CC1=C(C)C([Si](c2cccc(C)c2)(c2cccc(C)c2)c2cccc(C)c2)C(C)=C1C. The summed E-state index contributed by atoms with van der Waals surface area (Å²) in [7, 11) is -2.41. The molecule has 0 heterocycles. The van der Waals surface area contributed by atoms with E-state index in [1.807, 2.05) is 0 Å². The number of allylic oxidation sites excluding steroid dienone is 4. The smallest absolute Gasteiger partial charge is 0.0647 e. The van der Waals surface area contributed by atoms with E-state index in [1.165, 1.54) is 43.4 Å². The lowest BCUT2D eigenvalue weighted by molar-refractivity contribution is 1.09. The first-order chi connectivity index (χ1) is 14.8. The van der Waals surface area contributed by atoms with Crippen molar-refractivity contribution < 1.29 is 0 Å². The molecule has 1 aliphatic rings. The van der Waals surface area contributed by atoms with E-state index in [0.717, 1.165) is 0 Å². The van der Waals surface area contributed by atoms with Gasteiger partial charge in [-0.05, 0) is 75.2 Å². The van der Waals surface area contributed by atoms with Crippen LogP contribution in [0.2, 0.25) is 5.54 Å². The van der Waals surface area contributed by atoms with Gasteiger partial charge in [0.25, 0.3) is 0 Å². The lowest BCUT2D eigenvalue weighted by Gasteiger charge is -2.41. The van der Waals surface area contributed by atoms with Crippen molar-refractivity contribution in [2.75, 3.05) is 0 Å². The first-order valence-electron chi connectivity index (χ1n) is 11.3. The van der Waals surface area contributed by atoms with Crippen LogP contribution in [-0.4, -0.2) is 8.07 Å². The third-order valence-corrected chi connectivity index (χ3v) is 12.9. The molecular weight excluding hydrogens is 388 g/mol. The number of aryl methyl sites for hydroxylation is 3. The summed E-state index contributed by atoms with van der Waals surface area (Å²) >= 11 is 0. The van der Waals surface area contributed by atoms with Crippen molar-refractivity contribution in [2.24, 2.45) is 0 Å². The molecule has 3 aromatic carbocycles. The largest absolute Gasteiger partial charge is 0.159 e. The zero-order chi connectivity index (χ0) is 22.3. The second-order valence-electron chi connectivity index (χ2n) is 9.47. The molecule has 0 fully saturated rings. The Hall–Kier alpha value is -2.64. The molecule has 4 rings (SSSR count). The molecule has 0 bridgehead atoms. The number of hydrogen-bond donors (Lipinski definition) is 0. The lowest BCUT2D eigenvalue weighted by atomic mass is 10.1. The van der Waals surface area contributed by atoms with Crippen LogP contribution in [0, 0.1) is 20.8 Å². The van der Waals surface area contributed by atoms with Gasteiger partial charge in [-0.2, -0.15) is 0 Å². The van der Waals surface area contributed by atoms with Crippen molar-refractivity contribution in [3.8, 4) is 0 Å². The Morgan fingerprint density at radius 1 is 0.484 bits per heavy atom. The molecule has 31 heavy (non-hydrogen) atoms. The molecule has 1 aliphatic carbocycles. The number of hydrogen-bond acceptors (Lipinski definition) is 0. The van der Waals surface area contributed by atoms with Crippen molar-refractivity contribution in [3.05, 3.63) is 112 Å². The summed E-state index contributed by atoms with van der Waals surface area (Å²) in [5.74, 6) is 0. The van der Waals surface area contributed by atoms with Gasteiger partial charge in [0.1, 0.15) is 0 Å². The van der Waals surface area contributed by atoms with Crippen molar-refractivity contribution in [3.63, 3.8) is 0 Å². The van der Waals surface area contributed by atoms with Crippen molar-refractivity contribution >= 4 is 23.6 Å². The van der Waals surface area contributed by atoms with Crippen LogP contribution >= 0.6 is 0 Å². The first kappa shape index (κ1) is 21.6. The van der Waals surface area contributed by atoms with Gasteiger partial charge in [-0.15, -0.1) is 0 Å². The van der Waals surface area contributed by atoms with E-state index in [2.05, 4.69) is 121 Å². The van der Waals surface area contributed by atoms with Gasteiger partial charge in [0.15, 0.2) is 8.07 Å². The zero-order valence-electron chi connectivity index (χ0n) is 20.0. The molecule has 0 nitrogen and oxygen atoms in total. The molecule has 0 unspecified atom stereocenters. The van der Waals surface area contributed by atoms with Crippen LogP contribution in [-0.2, 0) is 0 Å². The Kier molecular flexibility index (Phi) is 5.66. The monoisotopic (exact) mass is 422 g/mol. The predicted molar refractivity (Wildman–Crippen MR) is 139 cm³/mol. The summed E-state index contributed by atoms with van der Waals surface area (Å²) in [6.45, 7) is 16.1. The van der Waals surface area contributed by atoms with Crippen molar-refractivity contribution in [2.45, 2.75) is 54.0 Å². The minimum atomic E-state index is -2.41. The molecular formula is C30H34Si. The molecule has 0 aliphatic heterocycles. The van der Waals surface area contributed by atoms with Crippen LogP contribution in [0.4, 0.5) is 0 Å². The fourth-order valence-corrected chi connectivity index (χ4v) is 11.8. The van der Waals surface area contributed by atoms with Crippen LogP contribution in [0.3, 0.4) is 0 Å². The quantitative estimate of drug-likeness (QED) is 0.350. The topological polar surface area (TPSA) is 0 Å². The second kappa shape index (κ2) is 8.13. The number of benzene rings is 3. The van der Waals surface area contributed by atoms with Crippen molar-refractivity contribution in [1.29, 1.82) is 0 Å². The predicted octanol–water partition coefficient (Wildman–Crippen LogP) is 6.14. The van der Waals surface area contributed by atoms with Gasteiger partial charge in [0, 0.05) is 5.54 Å². The van der Waals surface area contributed by atoms with Gasteiger partial charge in [-0.1, -0.05) is 101 Å². The van der Waals surface area contributed by atoms with E-state index in [0.29, 0.717) is 5.54 Å². The minimum absolute atomic E-state index is 0.429. The van der Waals surface area contributed by atoms with E-state index in [4.69, 9.17) is 0 Å². The molecule has 3 aromatic rings. The molecule has 0 aromatic heterocycles. The summed E-state index contributed by atoms with van der Waals surface area (Å²) in [5.41, 5.74) is 10.5. The van der Waals surface area contributed by atoms with E-state index in [-0.39, 0.29) is 0 Å². The van der Waals surface area contributed by atoms with Crippen LogP contribution in [0.5, 0.6) is 0 Å². The minimum Gasteiger partial charge on any atom is -0.0647 e. The standard InChI is InChI=1S/C30H34Si/c1-20-11-8-14-27(17-20)31(28-15-9-12-21(2)18-28,29-16-10-13-22(3)19-29)30-25(6)23(4)24(5)26(30)7/h8-19,30H,1-7H3. The Morgan fingerprint density at radius 2 is 0.806 bits per heavy atom. The molecule has 0 amide bonds. The zero-order valence-corrected chi connectivity index (χ0v) is 21.0. The Labute approximate surface area is 189 Å². The molecule has 158 valence electrons. The van der Waals surface area contributed by atoms with Crippen LogP contribution in [0.25, 0.3) is 0 Å².